The number of benzene rings is 1. The van der Waals surface area contributed by atoms with Crippen LogP contribution < -0.4 is 11.1 Å². The minimum Gasteiger partial charge on any atom is -0.368 e. The number of hydrogen-bond donors (Lipinski definition) is 2. The predicted molar refractivity (Wildman–Crippen MR) is 62.2 cm³/mol. The molecule has 3 N–H and O–H groups in total. The van der Waals surface area contributed by atoms with Crippen molar-refractivity contribution in [3.63, 3.8) is 0 Å². The molecule has 8 heteroatoms. The zero-order valence-corrected chi connectivity index (χ0v) is 9.53. The van der Waals surface area contributed by atoms with E-state index in [9.17, 15) is 18.0 Å². The first-order valence-corrected chi connectivity index (χ1v) is 5.23. The molecule has 0 saturated carbocycles. The van der Waals surface area contributed by atoms with E-state index in [-0.39, 0.29) is 17.7 Å². The van der Waals surface area contributed by atoms with Gasteiger partial charge in [0.2, 0.25) is 5.91 Å². The van der Waals surface area contributed by atoms with Crippen molar-refractivity contribution in [2.75, 3.05) is 11.9 Å². The summed E-state index contributed by atoms with van der Waals surface area (Å²) in [6, 6.07) is 3.21. The number of carbonyl (C=O) groups excluding carboxylic acids is 1. The number of nitrogens with one attached hydrogen (secondary N) is 1. The molecule has 0 fully saturated rings. The van der Waals surface area contributed by atoms with Gasteiger partial charge in [-0.2, -0.15) is 18.3 Å². The molecule has 0 atom stereocenters. The SMILES string of the molecule is NC(=O)CNc1nncc2ccc(C(F)(F)F)cc12. The Balaban J connectivity index is 2.49. The van der Waals surface area contributed by atoms with Gasteiger partial charge in [0.05, 0.1) is 18.3 Å². The molecule has 0 bridgehead atoms. The number of alkyl halides is 3. The van der Waals surface area contributed by atoms with Gasteiger partial charge in [-0.25, -0.2) is 0 Å². The van der Waals surface area contributed by atoms with Gasteiger partial charge in [-0.15, -0.1) is 5.10 Å². The molecule has 1 heterocycles. The largest absolute Gasteiger partial charge is 0.416 e. The van der Waals surface area contributed by atoms with E-state index in [1.165, 1.54) is 12.3 Å². The number of anilines is 1. The standard InChI is InChI=1S/C11H9F3N4O/c12-11(13,14)7-2-1-6-4-17-18-10(8(6)3-7)16-5-9(15)19/h1-4H,5H2,(H2,15,19)(H,16,18). The minimum absolute atomic E-state index is 0.0856. The summed E-state index contributed by atoms with van der Waals surface area (Å²) in [4.78, 5) is 10.7. The van der Waals surface area contributed by atoms with Crippen LogP contribution in [0, 0.1) is 0 Å². The molecule has 0 spiro atoms. The van der Waals surface area contributed by atoms with Gasteiger partial charge in [0.15, 0.2) is 5.82 Å². The number of nitrogens with two attached hydrogens (primary N) is 1. The number of halogens is 3. The summed E-state index contributed by atoms with van der Waals surface area (Å²) in [5.41, 5.74) is 4.16. The Labute approximate surface area is 105 Å². The second kappa shape index (κ2) is 4.71. The van der Waals surface area contributed by atoms with Gasteiger partial charge in [-0.1, -0.05) is 6.07 Å². The van der Waals surface area contributed by atoms with Crippen LogP contribution >= 0.6 is 0 Å². The monoisotopic (exact) mass is 270 g/mol. The number of amides is 1. The van der Waals surface area contributed by atoms with Gasteiger partial charge in [-0.05, 0) is 12.1 Å². The van der Waals surface area contributed by atoms with E-state index in [2.05, 4.69) is 15.5 Å². The average Bonchev–Trinajstić information content (AvgIpc) is 2.34. The molecule has 1 amide bonds. The maximum Gasteiger partial charge on any atom is 0.416 e. The number of rotatable bonds is 3. The molecular formula is C11H9F3N4O. The molecule has 0 radical (unpaired) electrons. The van der Waals surface area contributed by atoms with Crippen LogP contribution in [0.15, 0.2) is 24.4 Å². The van der Waals surface area contributed by atoms with Crippen molar-refractivity contribution < 1.29 is 18.0 Å². The molecule has 0 aliphatic carbocycles. The maximum atomic E-state index is 12.6. The van der Waals surface area contributed by atoms with E-state index in [1.807, 2.05) is 0 Å². The lowest BCUT2D eigenvalue weighted by atomic mass is 10.1. The van der Waals surface area contributed by atoms with Crippen molar-refractivity contribution in [1.82, 2.24) is 10.2 Å². The van der Waals surface area contributed by atoms with E-state index in [0.717, 1.165) is 12.1 Å². The van der Waals surface area contributed by atoms with E-state index in [1.54, 1.807) is 0 Å². The molecule has 0 aliphatic rings. The van der Waals surface area contributed by atoms with Gasteiger partial charge in [0.1, 0.15) is 0 Å². The molecule has 2 rings (SSSR count). The fourth-order valence-corrected chi connectivity index (χ4v) is 1.55. The van der Waals surface area contributed by atoms with Crippen molar-refractivity contribution in [3.8, 4) is 0 Å². The first kappa shape index (κ1) is 13.1. The van der Waals surface area contributed by atoms with Crippen LogP contribution in [0.5, 0.6) is 0 Å². The van der Waals surface area contributed by atoms with E-state index in [4.69, 9.17) is 5.73 Å². The summed E-state index contributed by atoms with van der Waals surface area (Å²) < 4.78 is 37.9. The fourth-order valence-electron chi connectivity index (χ4n) is 1.55. The molecule has 19 heavy (non-hydrogen) atoms. The Morgan fingerprint density at radius 3 is 2.74 bits per heavy atom. The number of hydrogen-bond acceptors (Lipinski definition) is 4. The third-order valence-corrected chi connectivity index (χ3v) is 2.42. The highest BCUT2D eigenvalue weighted by Crippen LogP contribution is 2.32. The Morgan fingerprint density at radius 2 is 2.11 bits per heavy atom. The van der Waals surface area contributed by atoms with E-state index >= 15 is 0 Å². The molecule has 1 aromatic heterocycles. The quantitative estimate of drug-likeness (QED) is 0.886. The van der Waals surface area contributed by atoms with E-state index in [0.29, 0.717) is 5.39 Å². The lowest BCUT2D eigenvalue weighted by molar-refractivity contribution is -0.137. The zero-order chi connectivity index (χ0) is 14.0. The molecule has 0 unspecified atom stereocenters. The third kappa shape index (κ3) is 2.90. The van der Waals surface area contributed by atoms with Crippen LogP contribution in [0.2, 0.25) is 0 Å². The minimum atomic E-state index is -4.45. The maximum absolute atomic E-state index is 12.6. The first-order valence-electron chi connectivity index (χ1n) is 5.23. The molecule has 1 aromatic carbocycles. The molecule has 100 valence electrons. The van der Waals surface area contributed by atoms with Gasteiger partial charge < -0.3 is 11.1 Å². The van der Waals surface area contributed by atoms with Crippen molar-refractivity contribution >= 4 is 22.5 Å². The summed E-state index contributed by atoms with van der Waals surface area (Å²) in [5, 5.41) is 10.6. The Kier molecular flexibility index (Phi) is 3.24. The molecular weight excluding hydrogens is 261 g/mol. The lowest BCUT2D eigenvalue weighted by Gasteiger charge is -2.10. The number of nitrogens with zero attached hydrogens (tertiary/aromatic N) is 2. The Hall–Kier alpha value is -2.38. The molecule has 2 aromatic rings. The third-order valence-electron chi connectivity index (χ3n) is 2.42. The van der Waals surface area contributed by atoms with Crippen molar-refractivity contribution in [3.05, 3.63) is 30.0 Å². The van der Waals surface area contributed by atoms with Gasteiger partial charge in [0, 0.05) is 10.8 Å². The van der Waals surface area contributed by atoms with Crippen LogP contribution in [0.3, 0.4) is 0 Å². The zero-order valence-electron chi connectivity index (χ0n) is 9.53. The van der Waals surface area contributed by atoms with Gasteiger partial charge in [-0.3, -0.25) is 4.79 Å². The van der Waals surface area contributed by atoms with Crippen LogP contribution in [0.25, 0.3) is 10.8 Å². The topological polar surface area (TPSA) is 80.9 Å². The average molecular weight is 270 g/mol. The smallest absolute Gasteiger partial charge is 0.368 e. The highest BCUT2D eigenvalue weighted by Gasteiger charge is 2.30. The number of carbonyl (C=O) groups is 1. The van der Waals surface area contributed by atoms with Crippen LogP contribution in [-0.2, 0) is 11.0 Å². The number of primary amides is 1. The Morgan fingerprint density at radius 1 is 1.37 bits per heavy atom. The normalized spacial score (nSPS) is 11.5. The highest BCUT2D eigenvalue weighted by molar-refractivity contribution is 5.92. The predicted octanol–water partition coefficient (Wildman–Crippen LogP) is 1.55. The fraction of sp³-hybridized carbons (Fsp3) is 0.182. The highest BCUT2D eigenvalue weighted by atomic mass is 19.4. The second-order valence-corrected chi connectivity index (χ2v) is 3.81. The number of aromatic nitrogens is 2. The van der Waals surface area contributed by atoms with E-state index < -0.39 is 17.6 Å². The summed E-state index contributed by atoms with van der Waals surface area (Å²) in [7, 11) is 0. The Bertz CT molecular complexity index is 627. The van der Waals surface area contributed by atoms with Crippen molar-refractivity contribution in [1.29, 1.82) is 0 Å². The summed E-state index contributed by atoms with van der Waals surface area (Å²) in [6.07, 6.45) is -3.11. The second-order valence-electron chi connectivity index (χ2n) is 3.81. The van der Waals surface area contributed by atoms with Crippen molar-refractivity contribution in [2.24, 2.45) is 5.73 Å². The molecule has 5 nitrogen and oxygen atoms in total. The van der Waals surface area contributed by atoms with Crippen molar-refractivity contribution in [2.45, 2.75) is 6.18 Å². The van der Waals surface area contributed by atoms with Gasteiger partial charge in [0.25, 0.3) is 0 Å². The summed E-state index contributed by atoms with van der Waals surface area (Å²) >= 11 is 0. The number of fused-ring (bicyclic) bond motifs is 1. The molecule has 0 aliphatic heterocycles. The molecule has 0 saturated heterocycles. The van der Waals surface area contributed by atoms with Crippen LogP contribution in [0.1, 0.15) is 5.56 Å². The first-order chi connectivity index (χ1) is 8.88. The van der Waals surface area contributed by atoms with Gasteiger partial charge >= 0.3 is 6.18 Å². The van der Waals surface area contributed by atoms with Crippen LogP contribution in [0.4, 0.5) is 19.0 Å². The summed E-state index contributed by atoms with van der Waals surface area (Å²) in [6.45, 7) is -0.232. The van der Waals surface area contributed by atoms with Crippen LogP contribution in [-0.4, -0.2) is 22.6 Å². The lowest BCUT2D eigenvalue weighted by Crippen LogP contribution is -2.22. The summed E-state index contributed by atoms with van der Waals surface area (Å²) in [5.74, 6) is -0.562.